The van der Waals surface area contributed by atoms with Gasteiger partial charge in [0, 0.05) is 6.42 Å². The molecule has 45 heavy (non-hydrogen) atoms. The van der Waals surface area contributed by atoms with Crippen LogP contribution in [0, 0.1) is 40.4 Å². The van der Waals surface area contributed by atoms with Crippen LogP contribution in [0.3, 0.4) is 0 Å². The van der Waals surface area contributed by atoms with E-state index < -0.39 is 34.4 Å². The van der Waals surface area contributed by atoms with E-state index in [9.17, 15) is 24.6 Å². The Bertz CT molecular complexity index is 1430. The molecule has 0 radical (unpaired) electrons. The molecule has 1 aliphatic heterocycles. The van der Waals surface area contributed by atoms with Gasteiger partial charge in [-0.2, -0.15) is 0 Å². The zero-order valence-corrected chi connectivity index (χ0v) is 27.5. The van der Waals surface area contributed by atoms with Gasteiger partial charge in [0.25, 0.3) is 0 Å². The van der Waals surface area contributed by atoms with E-state index in [4.69, 9.17) is 25.8 Å². The Labute approximate surface area is 270 Å². The van der Waals surface area contributed by atoms with Crippen LogP contribution in [0.1, 0.15) is 76.6 Å². The van der Waals surface area contributed by atoms with Crippen molar-refractivity contribution in [2.75, 3.05) is 13.7 Å². The molecule has 0 amide bonds. The third-order valence-electron chi connectivity index (χ3n) is 12.9. The van der Waals surface area contributed by atoms with Gasteiger partial charge in [-0.3, -0.25) is 4.79 Å². The monoisotopic (exact) mass is 640 g/mol. The fourth-order valence-electron chi connectivity index (χ4n) is 10.2. The Hall–Kier alpha value is -2.68. The largest absolute Gasteiger partial charge is 0.497 e. The van der Waals surface area contributed by atoms with E-state index in [1.165, 1.54) is 12.2 Å². The van der Waals surface area contributed by atoms with Crippen molar-refractivity contribution in [3.8, 4) is 5.75 Å². The summed E-state index contributed by atoms with van der Waals surface area (Å²) in [6.07, 6.45) is 6.12. The molecule has 2 N–H and O–H groups in total. The van der Waals surface area contributed by atoms with Crippen LogP contribution in [0.4, 0.5) is 0 Å². The number of carbonyl (C=O) groups is 3. The van der Waals surface area contributed by atoms with Gasteiger partial charge in [0.1, 0.15) is 30.2 Å². The number of benzene rings is 1. The van der Waals surface area contributed by atoms with Gasteiger partial charge in [-0.05, 0) is 117 Å². The second kappa shape index (κ2) is 11.5. The van der Waals surface area contributed by atoms with Gasteiger partial charge in [-0.1, -0.05) is 19.4 Å². The van der Waals surface area contributed by atoms with Crippen LogP contribution in [-0.4, -0.2) is 64.8 Å². The first-order valence-electron chi connectivity index (χ1n) is 16.2. The van der Waals surface area contributed by atoms with Crippen molar-refractivity contribution in [3.63, 3.8) is 0 Å². The van der Waals surface area contributed by atoms with Crippen LogP contribution >= 0.6 is 11.6 Å². The van der Waals surface area contributed by atoms with Crippen LogP contribution in [0.5, 0.6) is 5.75 Å². The van der Waals surface area contributed by atoms with E-state index in [0.29, 0.717) is 41.6 Å². The first-order valence-corrected chi connectivity index (χ1v) is 16.7. The van der Waals surface area contributed by atoms with Crippen molar-refractivity contribution in [3.05, 3.63) is 53.1 Å². The molecule has 0 unspecified atom stereocenters. The SMILES string of the molecule is COc1ccc(C(=O)OCC2=C(C)C[C@H]([C@@H](C)[C@H]3CC[C@H]4[C@@H]5C[C@H](Cl)[C@]6(O)[C@@H](O)C=CC(=O)[C@]6(C)[C@H]5CC[C@]34C)OC2=O)cc1. The van der Waals surface area contributed by atoms with Gasteiger partial charge in [-0.25, -0.2) is 9.59 Å². The minimum Gasteiger partial charge on any atom is -0.497 e. The number of methoxy groups -OCH3 is 1. The third-order valence-corrected chi connectivity index (χ3v) is 13.4. The lowest BCUT2D eigenvalue weighted by Gasteiger charge is -2.64. The van der Waals surface area contributed by atoms with Crippen molar-refractivity contribution >= 4 is 29.3 Å². The van der Waals surface area contributed by atoms with E-state index in [-0.39, 0.29) is 41.7 Å². The smallest absolute Gasteiger partial charge is 0.338 e. The number of hydrogen-bond acceptors (Lipinski definition) is 8. The summed E-state index contributed by atoms with van der Waals surface area (Å²) in [5.41, 5.74) is -1.23. The number of alkyl halides is 1. The quantitative estimate of drug-likeness (QED) is 0.312. The van der Waals surface area contributed by atoms with Gasteiger partial charge < -0.3 is 24.4 Å². The average Bonchev–Trinajstić information content (AvgIpc) is 3.37. The highest BCUT2D eigenvalue weighted by Crippen LogP contribution is 2.69. The maximum Gasteiger partial charge on any atom is 0.338 e. The summed E-state index contributed by atoms with van der Waals surface area (Å²) in [6.45, 7) is 8.12. The molecule has 6 rings (SSSR count). The molecule has 1 aromatic rings. The maximum absolute atomic E-state index is 13.4. The lowest BCUT2D eigenvalue weighted by Crippen LogP contribution is -2.72. The predicted octanol–water partition coefficient (Wildman–Crippen LogP) is 5.43. The minimum atomic E-state index is -1.69. The fraction of sp³-hybridized carbons (Fsp3) is 0.639. The van der Waals surface area contributed by atoms with Crippen LogP contribution in [0.25, 0.3) is 0 Å². The summed E-state index contributed by atoms with van der Waals surface area (Å²) in [6, 6.07) is 6.61. The summed E-state index contributed by atoms with van der Waals surface area (Å²) >= 11 is 6.90. The average molecular weight is 641 g/mol. The van der Waals surface area contributed by atoms with Gasteiger partial charge >= 0.3 is 11.9 Å². The van der Waals surface area contributed by atoms with Crippen LogP contribution in [0.2, 0.25) is 0 Å². The second-order valence-corrected chi connectivity index (χ2v) is 15.1. The topological polar surface area (TPSA) is 119 Å². The van der Waals surface area contributed by atoms with E-state index in [2.05, 4.69) is 13.8 Å². The number of ether oxygens (including phenoxy) is 3. The number of cyclic esters (lactones) is 1. The Morgan fingerprint density at radius 2 is 1.84 bits per heavy atom. The third kappa shape index (κ3) is 4.80. The van der Waals surface area contributed by atoms with Crippen molar-refractivity contribution in [2.24, 2.45) is 40.4 Å². The number of aliphatic hydroxyl groups is 2. The Kier molecular flexibility index (Phi) is 8.27. The molecule has 244 valence electrons. The minimum absolute atomic E-state index is 0.0343. The summed E-state index contributed by atoms with van der Waals surface area (Å²) < 4.78 is 16.7. The highest BCUT2D eigenvalue weighted by Gasteiger charge is 2.71. The molecule has 5 aliphatic rings. The molecule has 4 aliphatic carbocycles. The molecule has 1 aromatic carbocycles. The summed E-state index contributed by atoms with van der Waals surface area (Å²) in [7, 11) is 1.55. The standard InChI is InChI=1S/C36H45ClO8/c1-19-16-28(45-33(41)24(19)18-44-32(40)21-6-8-22(43-5)9-7-21)20(2)25-10-11-26-23-17-29(37)36(42)31(39)13-12-30(38)35(36,4)27(23)14-15-34(25,26)3/h6-9,12-13,20,23,25-29,31,39,42H,10-11,14-18H2,1-5H3/t20-,23-,25+,26-,27-,28+,29-,31-,34+,35-,36-/m0/s1. The van der Waals surface area contributed by atoms with Crippen molar-refractivity contribution in [1.82, 2.24) is 0 Å². The van der Waals surface area contributed by atoms with Crippen LogP contribution in [0.15, 0.2) is 47.6 Å². The Morgan fingerprint density at radius 1 is 1.13 bits per heavy atom. The molecule has 11 atom stereocenters. The number of aliphatic hydroxyl groups excluding tert-OH is 1. The van der Waals surface area contributed by atoms with Crippen LogP contribution in [-0.2, 0) is 19.1 Å². The normalized spacial score (nSPS) is 41.5. The molecule has 3 fully saturated rings. The Balaban J connectivity index is 1.15. The van der Waals surface area contributed by atoms with E-state index in [1.807, 2.05) is 13.8 Å². The fourth-order valence-corrected chi connectivity index (χ4v) is 10.7. The molecular formula is C36H45ClO8. The molecule has 0 aromatic heterocycles. The van der Waals surface area contributed by atoms with Gasteiger partial charge in [0.05, 0.1) is 29.0 Å². The zero-order chi connectivity index (χ0) is 32.5. The number of allylic oxidation sites excluding steroid dienone is 1. The number of fused-ring (bicyclic) bond motifs is 5. The number of halogens is 1. The lowest BCUT2D eigenvalue weighted by molar-refractivity contribution is -0.215. The molecule has 8 nitrogen and oxygen atoms in total. The van der Waals surface area contributed by atoms with E-state index >= 15 is 0 Å². The number of hydrogen-bond donors (Lipinski definition) is 2. The molecule has 0 spiro atoms. The van der Waals surface area contributed by atoms with Gasteiger partial charge in [-0.15, -0.1) is 11.6 Å². The van der Waals surface area contributed by atoms with E-state index in [1.54, 1.807) is 31.4 Å². The lowest BCUT2D eigenvalue weighted by atomic mass is 9.43. The molecule has 0 saturated heterocycles. The number of ketones is 1. The Morgan fingerprint density at radius 3 is 2.51 bits per heavy atom. The summed E-state index contributed by atoms with van der Waals surface area (Å²) in [5.74, 6) is 0.328. The molecule has 1 heterocycles. The first kappa shape index (κ1) is 32.3. The molecular weight excluding hydrogens is 596 g/mol. The van der Waals surface area contributed by atoms with Crippen molar-refractivity contribution in [1.29, 1.82) is 0 Å². The van der Waals surface area contributed by atoms with Crippen molar-refractivity contribution in [2.45, 2.75) is 89.4 Å². The first-order chi connectivity index (χ1) is 21.3. The predicted molar refractivity (Wildman–Crippen MR) is 168 cm³/mol. The maximum atomic E-state index is 13.4. The van der Waals surface area contributed by atoms with E-state index in [0.717, 1.165) is 31.3 Å². The van der Waals surface area contributed by atoms with Crippen LogP contribution < -0.4 is 4.74 Å². The van der Waals surface area contributed by atoms with Gasteiger partial charge in [0.15, 0.2) is 5.78 Å². The molecule has 3 saturated carbocycles. The highest BCUT2D eigenvalue weighted by atomic mass is 35.5. The number of carbonyl (C=O) groups excluding carboxylic acids is 3. The number of rotatable bonds is 6. The summed E-state index contributed by atoms with van der Waals surface area (Å²) in [5, 5.41) is 21.9. The molecule has 0 bridgehead atoms. The van der Waals surface area contributed by atoms with Gasteiger partial charge in [0.2, 0.25) is 0 Å². The number of esters is 2. The van der Waals surface area contributed by atoms with Crippen molar-refractivity contribution < 1.29 is 38.8 Å². The molecule has 9 heteroatoms. The summed E-state index contributed by atoms with van der Waals surface area (Å²) in [4.78, 5) is 39.2. The highest BCUT2D eigenvalue weighted by molar-refractivity contribution is 6.22. The second-order valence-electron chi connectivity index (χ2n) is 14.6. The zero-order valence-electron chi connectivity index (χ0n) is 26.8.